The molecule has 0 aromatic carbocycles. The molecule has 0 bridgehead atoms. The highest BCUT2D eigenvalue weighted by molar-refractivity contribution is 7.96. The van der Waals surface area contributed by atoms with Gasteiger partial charge in [0.2, 0.25) is 0 Å². The van der Waals surface area contributed by atoms with E-state index in [2.05, 4.69) is 13.2 Å². The molecule has 5 heteroatoms. The number of rotatable bonds is 15. The van der Waals surface area contributed by atoms with Crippen molar-refractivity contribution >= 4 is 21.0 Å². The summed E-state index contributed by atoms with van der Waals surface area (Å²) in [5, 5.41) is 0. The van der Waals surface area contributed by atoms with Gasteiger partial charge in [-0.2, -0.15) is 8.42 Å². The summed E-state index contributed by atoms with van der Waals surface area (Å²) in [7, 11) is -3.45. The first-order valence-corrected chi connectivity index (χ1v) is 12.1. The van der Waals surface area contributed by atoms with E-state index in [0.29, 0.717) is 17.3 Å². The fourth-order valence-corrected chi connectivity index (χ4v) is 4.66. The Morgan fingerprint density at radius 1 is 0.762 bits per heavy atom. The summed E-state index contributed by atoms with van der Waals surface area (Å²) >= 11 is 0. The maximum atomic E-state index is 10.6. The van der Waals surface area contributed by atoms with E-state index in [-0.39, 0.29) is 5.75 Å². The molecule has 0 radical (unpaired) electrons. The maximum absolute atomic E-state index is 10.6. The van der Waals surface area contributed by atoms with Crippen LogP contribution in [0, 0.1) is 0 Å². The molecule has 128 valence electrons. The van der Waals surface area contributed by atoms with E-state index >= 15 is 0 Å². The van der Waals surface area contributed by atoms with E-state index in [4.69, 9.17) is 4.55 Å². The highest BCUT2D eigenvalue weighted by Gasteiger charge is 2.13. The van der Waals surface area contributed by atoms with Crippen molar-refractivity contribution in [3.05, 3.63) is 0 Å². The predicted octanol–water partition coefficient (Wildman–Crippen LogP) is 4.43. The SMILES string of the molecule is CCCCCCCCCCCC[S+](C)CCCS(=O)(=O)O. The van der Waals surface area contributed by atoms with Crippen LogP contribution in [0.15, 0.2) is 0 Å². The topological polar surface area (TPSA) is 54.4 Å². The van der Waals surface area contributed by atoms with Crippen molar-refractivity contribution in [3.63, 3.8) is 0 Å². The highest BCUT2D eigenvalue weighted by Crippen LogP contribution is 2.11. The molecule has 1 atom stereocenters. The van der Waals surface area contributed by atoms with Crippen molar-refractivity contribution in [2.24, 2.45) is 0 Å². The van der Waals surface area contributed by atoms with Crippen LogP contribution >= 0.6 is 0 Å². The molecule has 0 aliphatic rings. The predicted molar refractivity (Wildman–Crippen MR) is 95.9 cm³/mol. The molecular weight excluding hydrogens is 304 g/mol. The number of hydrogen-bond donors (Lipinski definition) is 1. The van der Waals surface area contributed by atoms with Crippen LogP contribution in [-0.2, 0) is 21.0 Å². The Morgan fingerprint density at radius 3 is 1.67 bits per heavy atom. The van der Waals surface area contributed by atoms with Crippen molar-refractivity contribution in [1.29, 1.82) is 0 Å². The summed E-state index contributed by atoms with van der Waals surface area (Å²) in [5.41, 5.74) is 0. The van der Waals surface area contributed by atoms with Crippen molar-refractivity contribution in [1.82, 2.24) is 0 Å². The molecule has 1 unspecified atom stereocenters. The molecule has 3 nitrogen and oxygen atoms in total. The Bertz CT molecular complexity index is 315. The third kappa shape index (κ3) is 18.2. The van der Waals surface area contributed by atoms with E-state index in [0.717, 1.165) is 5.75 Å². The highest BCUT2D eigenvalue weighted by atomic mass is 32.2. The van der Waals surface area contributed by atoms with E-state index in [1.807, 2.05) is 0 Å². The molecule has 1 N–H and O–H groups in total. The lowest BCUT2D eigenvalue weighted by atomic mass is 10.1. The molecular formula is C16H35O3S2+. The van der Waals surface area contributed by atoms with Crippen LogP contribution in [0.2, 0.25) is 0 Å². The summed E-state index contributed by atoms with van der Waals surface area (Å²) < 4.78 is 29.9. The van der Waals surface area contributed by atoms with E-state index in [1.165, 1.54) is 70.0 Å². The van der Waals surface area contributed by atoms with Crippen LogP contribution in [0.1, 0.15) is 77.6 Å². The zero-order valence-electron chi connectivity index (χ0n) is 14.0. The minimum Gasteiger partial charge on any atom is -0.286 e. The first kappa shape index (κ1) is 21.3. The first-order chi connectivity index (χ1) is 9.95. The Labute approximate surface area is 135 Å². The lowest BCUT2D eigenvalue weighted by Gasteiger charge is -2.04. The molecule has 0 spiro atoms. The van der Waals surface area contributed by atoms with Crippen molar-refractivity contribution in [2.45, 2.75) is 77.6 Å². The lowest BCUT2D eigenvalue weighted by molar-refractivity contribution is 0.482. The third-order valence-electron chi connectivity index (χ3n) is 3.74. The van der Waals surface area contributed by atoms with Crippen molar-refractivity contribution < 1.29 is 13.0 Å². The van der Waals surface area contributed by atoms with Gasteiger partial charge in [0.1, 0.15) is 11.5 Å². The second kappa shape index (κ2) is 13.9. The monoisotopic (exact) mass is 339 g/mol. The second-order valence-corrected chi connectivity index (χ2v) is 9.96. The van der Waals surface area contributed by atoms with E-state index in [1.54, 1.807) is 0 Å². The summed E-state index contributed by atoms with van der Waals surface area (Å²) in [6, 6.07) is 0. The fourth-order valence-electron chi connectivity index (χ4n) is 2.43. The summed E-state index contributed by atoms with van der Waals surface area (Å²) in [6.45, 7) is 2.25. The molecule has 0 heterocycles. The van der Waals surface area contributed by atoms with Gasteiger partial charge in [0.05, 0.1) is 12.0 Å². The number of unbranched alkanes of at least 4 members (excludes halogenated alkanes) is 9. The standard InChI is InChI=1S/C16H34O3S2/c1-3-4-5-6-7-8-9-10-11-12-14-20(2)15-13-16-21(17,18)19/h3-16H2,1-2H3/p+1. The summed E-state index contributed by atoms with van der Waals surface area (Å²) in [5.74, 6) is 2.06. The Hall–Kier alpha value is 0.260. The Kier molecular flexibility index (Phi) is 14.1. The summed E-state index contributed by atoms with van der Waals surface area (Å²) in [6.07, 6.45) is 16.4. The van der Waals surface area contributed by atoms with Crippen LogP contribution in [0.5, 0.6) is 0 Å². The third-order valence-corrected chi connectivity index (χ3v) is 6.52. The van der Waals surface area contributed by atoms with Gasteiger partial charge in [0.15, 0.2) is 0 Å². The molecule has 0 saturated heterocycles. The lowest BCUT2D eigenvalue weighted by Crippen LogP contribution is -2.14. The molecule has 0 aliphatic carbocycles. The Balaban J connectivity index is 3.23. The van der Waals surface area contributed by atoms with Crippen molar-refractivity contribution in [2.75, 3.05) is 23.5 Å². The molecule has 0 aromatic rings. The van der Waals surface area contributed by atoms with E-state index in [9.17, 15) is 8.42 Å². The van der Waals surface area contributed by atoms with Crippen LogP contribution in [-0.4, -0.2) is 36.5 Å². The van der Waals surface area contributed by atoms with Gasteiger partial charge in [-0.1, -0.05) is 58.3 Å². The summed E-state index contributed by atoms with van der Waals surface area (Å²) in [4.78, 5) is 0. The van der Waals surface area contributed by atoms with E-state index < -0.39 is 10.1 Å². The van der Waals surface area contributed by atoms with Gasteiger partial charge in [-0.15, -0.1) is 0 Å². The second-order valence-electron chi connectivity index (χ2n) is 6.01. The van der Waals surface area contributed by atoms with Gasteiger partial charge in [-0.3, -0.25) is 4.55 Å². The first-order valence-electron chi connectivity index (χ1n) is 8.50. The zero-order valence-corrected chi connectivity index (χ0v) is 15.6. The average Bonchev–Trinajstić information content (AvgIpc) is 2.39. The van der Waals surface area contributed by atoms with Crippen LogP contribution in [0.3, 0.4) is 0 Å². The minimum atomic E-state index is -3.76. The van der Waals surface area contributed by atoms with Gasteiger partial charge in [-0.05, 0) is 23.7 Å². The maximum Gasteiger partial charge on any atom is 0.265 e. The van der Waals surface area contributed by atoms with Crippen LogP contribution in [0.4, 0.5) is 0 Å². The minimum absolute atomic E-state index is 0.0810. The molecule has 0 rings (SSSR count). The smallest absolute Gasteiger partial charge is 0.265 e. The van der Waals surface area contributed by atoms with Gasteiger partial charge in [-0.25, -0.2) is 0 Å². The molecule has 0 fully saturated rings. The van der Waals surface area contributed by atoms with Crippen LogP contribution in [0.25, 0.3) is 0 Å². The largest absolute Gasteiger partial charge is 0.286 e. The molecule has 0 saturated carbocycles. The van der Waals surface area contributed by atoms with Gasteiger partial charge < -0.3 is 0 Å². The normalized spacial score (nSPS) is 13.5. The zero-order chi connectivity index (χ0) is 16.0. The van der Waals surface area contributed by atoms with Crippen LogP contribution < -0.4 is 0 Å². The molecule has 21 heavy (non-hydrogen) atoms. The van der Waals surface area contributed by atoms with Crippen molar-refractivity contribution in [3.8, 4) is 0 Å². The Morgan fingerprint density at radius 2 is 1.19 bits per heavy atom. The quantitative estimate of drug-likeness (QED) is 0.273. The van der Waals surface area contributed by atoms with Gasteiger partial charge in [0, 0.05) is 6.42 Å². The molecule has 0 aliphatic heterocycles. The number of hydrogen-bond acceptors (Lipinski definition) is 2. The van der Waals surface area contributed by atoms with Gasteiger partial charge >= 0.3 is 0 Å². The average molecular weight is 340 g/mol. The molecule has 0 aromatic heterocycles. The van der Waals surface area contributed by atoms with Gasteiger partial charge in [0.25, 0.3) is 10.1 Å². The molecule has 0 amide bonds. The fraction of sp³-hybridized carbons (Fsp3) is 1.00.